The Labute approximate surface area is 111 Å². The lowest BCUT2D eigenvalue weighted by Crippen LogP contribution is -2.39. The summed E-state index contributed by atoms with van der Waals surface area (Å²) in [4.78, 5) is 11.7. The summed E-state index contributed by atoms with van der Waals surface area (Å²) in [5.74, 6) is -0.0204. The van der Waals surface area contributed by atoms with Crippen molar-refractivity contribution in [1.29, 1.82) is 0 Å². The molecule has 0 heterocycles. The lowest BCUT2D eigenvalue weighted by molar-refractivity contribution is -0.122. The van der Waals surface area contributed by atoms with E-state index in [4.69, 9.17) is 5.73 Å². The van der Waals surface area contributed by atoms with E-state index in [1.807, 2.05) is 45.0 Å². The van der Waals surface area contributed by atoms with Crippen molar-refractivity contribution < 1.29 is 4.79 Å². The number of benzene rings is 1. The van der Waals surface area contributed by atoms with E-state index >= 15 is 0 Å². The van der Waals surface area contributed by atoms with E-state index < -0.39 is 5.54 Å². The topological polar surface area (TPSA) is 55.1 Å². The largest absolute Gasteiger partial charge is 0.350 e. The van der Waals surface area contributed by atoms with Gasteiger partial charge in [-0.15, -0.1) is 0 Å². The van der Waals surface area contributed by atoms with E-state index in [0.29, 0.717) is 6.42 Å². The van der Waals surface area contributed by atoms with Gasteiger partial charge in [0, 0.05) is 16.4 Å². The first kappa shape index (κ1) is 14.2. The van der Waals surface area contributed by atoms with E-state index in [0.717, 1.165) is 10.0 Å². The third kappa shape index (κ3) is 5.33. The molecule has 0 saturated heterocycles. The monoisotopic (exact) mass is 298 g/mol. The number of halogens is 1. The van der Waals surface area contributed by atoms with Crippen LogP contribution >= 0.6 is 15.9 Å². The second-order valence-corrected chi connectivity index (χ2v) is 5.92. The Bertz CT molecular complexity index is 381. The lowest BCUT2D eigenvalue weighted by atomic mass is 10.0. The van der Waals surface area contributed by atoms with Crippen LogP contribution in [0.2, 0.25) is 0 Å². The van der Waals surface area contributed by atoms with Gasteiger partial charge in [-0.1, -0.05) is 28.1 Å². The third-order valence-electron chi connectivity index (χ3n) is 2.36. The first-order valence-corrected chi connectivity index (χ1v) is 6.41. The highest BCUT2D eigenvalue weighted by Gasteiger charge is 2.18. The number of carbonyl (C=O) groups excluding carboxylic acids is 1. The highest BCUT2D eigenvalue weighted by Crippen LogP contribution is 2.17. The highest BCUT2D eigenvalue weighted by molar-refractivity contribution is 9.10. The van der Waals surface area contributed by atoms with Crippen LogP contribution in [0.4, 0.5) is 0 Å². The Morgan fingerprint density at radius 1 is 1.41 bits per heavy atom. The molecule has 0 aliphatic carbocycles. The standard InChI is InChI=1S/C13H19BrN2O/c1-9(10-4-6-11(14)7-5-10)16-12(17)8-13(2,3)15/h4-7,9H,8,15H2,1-3H3,(H,16,17). The molecule has 0 aliphatic heterocycles. The molecule has 3 N–H and O–H groups in total. The Hall–Kier alpha value is -0.870. The van der Waals surface area contributed by atoms with Gasteiger partial charge in [0.15, 0.2) is 0 Å². The molecule has 1 aromatic rings. The molecule has 3 nitrogen and oxygen atoms in total. The van der Waals surface area contributed by atoms with Crippen LogP contribution in [0.15, 0.2) is 28.7 Å². The van der Waals surface area contributed by atoms with Gasteiger partial charge in [0.25, 0.3) is 0 Å². The number of amides is 1. The Morgan fingerprint density at radius 3 is 2.41 bits per heavy atom. The number of nitrogens with one attached hydrogen (secondary N) is 1. The van der Waals surface area contributed by atoms with Crippen molar-refractivity contribution >= 4 is 21.8 Å². The van der Waals surface area contributed by atoms with Gasteiger partial charge in [-0.2, -0.15) is 0 Å². The average Bonchev–Trinajstić information content (AvgIpc) is 2.15. The van der Waals surface area contributed by atoms with Crippen molar-refractivity contribution in [2.45, 2.75) is 38.8 Å². The maximum atomic E-state index is 11.7. The average molecular weight is 299 g/mol. The molecule has 1 amide bonds. The molecular weight excluding hydrogens is 280 g/mol. The smallest absolute Gasteiger partial charge is 0.222 e. The van der Waals surface area contributed by atoms with Crippen LogP contribution in [-0.4, -0.2) is 11.4 Å². The van der Waals surface area contributed by atoms with Crippen molar-refractivity contribution in [3.05, 3.63) is 34.3 Å². The molecule has 0 aliphatic rings. The number of rotatable bonds is 4. The zero-order valence-electron chi connectivity index (χ0n) is 10.5. The summed E-state index contributed by atoms with van der Waals surface area (Å²) in [5, 5.41) is 2.94. The van der Waals surface area contributed by atoms with Gasteiger partial charge in [0.05, 0.1) is 6.04 Å². The maximum Gasteiger partial charge on any atom is 0.222 e. The summed E-state index contributed by atoms with van der Waals surface area (Å²) in [6.45, 7) is 5.65. The Kier molecular flexibility index (Phi) is 4.71. The third-order valence-corrected chi connectivity index (χ3v) is 2.89. The van der Waals surface area contributed by atoms with Crippen molar-refractivity contribution in [3.8, 4) is 0 Å². The van der Waals surface area contributed by atoms with Crippen LogP contribution in [0.3, 0.4) is 0 Å². The second-order valence-electron chi connectivity index (χ2n) is 5.01. The summed E-state index contributed by atoms with van der Waals surface area (Å²) >= 11 is 3.38. The van der Waals surface area contributed by atoms with Crippen LogP contribution in [0, 0.1) is 0 Å². The van der Waals surface area contributed by atoms with E-state index in [2.05, 4.69) is 21.2 Å². The molecule has 0 aromatic heterocycles. The molecule has 4 heteroatoms. The van der Waals surface area contributed by atoms with Gasteiger partial charge in [0.2, 0.25) is 5.91 Å². The minimum Gasteiger partial charge on any atom is -0.350 e. The fourth-order valence-electron chi connectivity index (χ4n) is 1.54. The predicted molar refractivity (Wildman–Crippen MR) is 73.6 cm³/mol. The van der Waals surface area contributed by atoms with Gasteiger partial charge in [0.1, 0.15) is 0 Å². The van der Waals surface area contributed by atoms with Crippen LogP contribution in [0.1, 0.15) is 38.8 Å². The van der Waals surface area contributed by atoms with E-state index in [1.54, 1.807) is 0 Å². The van der Waals surface area contributed by atoms with E-state index in [9.17, 15) is 4.79 Å². The minimum absolute atomic E-state index is 0.00190. The molecule has 1 unspecified atom stereocenters. The maximum absolute atomic E-state index is 11.7. The normalized spacial score (nSPS) is 13.2. The molecule has 17 heavy (non-hydrogen) atoms. The van der Waals surface area contributed by atoms with E-state index in [-0.39, 0.29) is 11.9 Å². The van der Waals surface area contributed by atoms with Crippen LogP contribution in [0.25, 0.3) is 0 Å². The molecule has 1 rings (SSSR count). The molecule has 1 aromatic carbocycles. The SMILES string of the molecule is CC(NC(=O)CC(C)(C)N)c1ccc(Br)cc1. The summed E-state index contributed by atoms with van der Waals surface area (Å²) in [5.41, 5.74) is 6.41. The molecule has 0 fully saturated rings. The van der Waals surface area contributed by atoms with Crippen molar-refractivity contribution in [2.75, 3.05) is 0 Å². The summed E-state index contributed by atoms with van der Waals surface area (Å²) in [6.07, 6.45) is 0.327. The molecule has 94 valence electrons. The fourth-order valence-corrected chi connectivity index (χ4v) is 1.81. The molecular formula is C13H19BrN2O. The number of hydrogen-bond acceptors (Lipinski definition) is 2. The van der Waals surface area contributed by atoms with Gasteiger partial charge in [-0.25, -0.2) is 0 Å². The number of hydrogen-bond donors (Lipinski definition) is 2. The first-order valence-electron chi connectivity index (χ1n) is 5.61. The van der Waals surface area contributed by atoms with E-state index in [1.165, 1.54) is 0 Å². The van der Waals surface area contributed by atoms with Crippen LogP contribution in [-0.2, 0) is 4.79 Å². The zero-order chi connectivity index (χ0) is 13.1. The second kappa shape index (κ2) is 5.65. The van der Waals surface area contributed by atoms with Crippen molar-refractivity contribution in [2.24, 2.45) is 5.73 Å². The Balaban J connectivity index is 2.57. The zero-order valence-corrected chi connectivity index (χ0v) is 12.0. The molecule has 0 spiro atoms. The molecule has 0 radical (unpaired) electrons. The van der Waals surface area contributed by atoms with Gasteiger partial charge in [-0.3, -0.25) is 4.79 Å². The van der Waals surface area contributed by atoms with Gasteiger partial charge >= 0.3 is 0 Å². The number of carbonyl (C=O) groups is 1. The molecule has 1 atom stereocenters. The highest BCUT2D eigenvalue weighted by atomic mass is 79.9. The van der Waals surface area contributed by atoms with Crippen LogP contribution in [0.5, 0.6) is 0 Å². The quantitative estimate of drug-likeness (QED) is 0.898. The molecule has 0 saturated carbocycles. The summed E-state index contributed by atoms with van der Waals surface area (Å²) < 4.78 is 1.03. The van der Waals surface area contributed by atoms with Gasteiger partial charge in [-0.05, 0) is 38.5 Å². The summed E-state index contributed by atoms with van der Waals surface area (Å²) in [7, 11) is 0. The first-order chi connectivity index (χ1) is 7.78. The lowest BCUT2D eigenvalue weighted by Gasteiger charge is -2.20. The fraction of sp³-hybridized carbons (Fsp3) is 0.462. The Morgan fingerprint density at radius 2 is 1.94 bits per heavy atom. The minimum atomic E-state index is -0.469. The van der Waals surface area contributed by atoms with Crippen molar-refractivity contribution in [3.63, 3.8) is 0 Å². The van der Waals surface area contributed by atoms with Gasteiger partial charge < -0.3 is 11.1 Å². The number of nitrogens with two attached hydrogens (primary N) is 1. The van der Waals surface area contributed by atoms with Crippen molar-refractivity contribution in [1.82, 2.24) is 5.32 Å². The summed E-state index contributed by atoms with van der Waals surface area (Å²) in [6, 6.07) is 7.90. The molecule has 0 bridgehead atoms. The predicted octanol–water partition coefficient (Wildman–Crippen LogP) is 2.75. The van der Waals surface area contributed by atoms with Crippen LogP contribution < -0.4 is 11.1 Å².